The zero-order chi connectivity index (χ0) is 15.7. The number of benzene rings is 1. The number of rotatable bonds is 4. The van der Waals surface area contributed by atoms with Crippen LogP contribution < -0.4 is 4.74 Å². The third kappa shape index (κ3) is 3.11. The van der Waals surface area contributed by atoms with Crippen LogP contribution in [-0.2, 0) is 27.6 Å². The minimum atomic E-state index is 0. The van der Waals surface area contributed by atoms with Crippen molar-refractivity contribution in [1.29, 1.82) is 0 Å². The summed E-state index contributed by atoms with van der Waals surface area (Å²) in [6.07, 6.45) is 3.73. The number of nitrogens with zero attached hydrogens (tertiary/aromatic N) is 4. The summed E-state index contributed by atoms with van der Waals surface area (Å²) < 4.78 is 9.25. The third-order valence-electron chi connectivity index (χ3n) is 3.90. The first kappa shape index (κ1) is 17.5. The van der Waals surface area contributed by atoms with E-state index in [1.54, 1.807) is 13.4 Å². The van der Waals surface area contributed by atoms with Crippen LogP contribution in [0.1, 0.15) is 18.1 Å². The van der Waals surface area contributed by atoms with E-state index in [-0.39, 0.29) is 21.1 Å². The summed E-state index contributed by atoms with van der Waals surface area (Å²) in [7, 11) is 1.64. The van der Waals surface area contributed by atoms with E-state index in [1.165, 1.54) is 11.1 Å². The van der Waals surface area contributed by atoms with Crippen LogP contribution in [0.25, 0.3) is 17.2 Å². The maximum Gasteiger partial charge on any atom is 0.130 e. The molecule has 2 aromatic heterocycles. The third-order valence-corrected chi connectivity index (χ3v) is 3.90. The monoisotopic (exact) mass is 490 g/mol. The predicted octanol–water partition coefficient (Wildman–Crippen LogP) is 3.18. The average molecular weight is 490 g/mol. The molecule has 0 unspecified atom stereocenters. The van der Waals surface area contributed by atoms with Gasteiger partial charge >= 0.3 is 0 Å². The van der Waals surface area contributed by atoms with Gasteiger partial charge in [0.05, 0.1) is 12.9 Å². The predicted molar refractivity (Wildman–Crippen MR) is 85.3 cm³/mol. The van der Waals surface area contributed by atoms with Crippen LogP contribution in [0.2, 0.25) is 0 Å². The largest absolute Gasteiger partial charge is 0.540 e. The van der Waals surface area contributed by atoms with Gasteiger partial charge in [0, 0.05) is 39.6 Å². The summed E-state index contributed by atoms with van der Waals surface area (Å²) in [6, 6.07) is 8.87. The van der Waals surface area contributed by atoms with Gasteiger partial charge in [0.1, 0.15) is 12.1 Å². The van der Waals surface area contributed by atoms with Crippen molar-refractivity contribution in [3.05, 3.63) is 47.9 Å². The van der Waals surface area contributed by atoms with Gasteiger partial charge in [-0.3, -0.25) is 4.98 Å². The van der Waals surface area contributed by atoms with Crippen molar-refractivity contribution < 1.29 is 25.8 Å². The van der Waals surface area contributed by atoms with Crippen LogP contribution in [0.5, 0.6) is 5.75 Å². The Labute approximate surface area is 150 Å². The fourth-order valence-electron chi connectivity index (χ4n) is 2.56. The molecule has 0 radical (unpaired) electrons. The molecule has 0 saturated heterocycles. The van der Waals surface area contributed by atoms with E-state index in [2.05, 4.69) is 47.7 Å². The Morgan fingerprint density at radius 3 is 2.65 bits per heavy atom. The maximum atomic E-state index is 5.18. The molecule has 1 aromatic carbocycles. The van der Waals surface area contributed by atoms with E-state index >= 15 is 0 Å². The van der Waals surface area contributed by atoms with Gasteiger partial charge in [-0.2, -0.15) is 5.10 Å². The minimum absolute atomic E-state index is 0. The molecular formula is C17H19N4OPt-. The fraction of sp³-hybridized carbons (Fsp3) is 0.294. The number of ether oxygens (including phenoxy) is 1. The van der Waals surface area contributed by atoms with E-state index in [0.717, 1.165) is 29.5 Å². The fourth-order valence-corrected chi connectivity index (χ4v) is 2.56. The molecular weight excluding hydrogens is 471 g/mol. The zero-order valence-corrected chi connectivity index (χ0v) is 15.9. The Balaban J connectivity index is 0.00000192. The van der Waals surface area contributed by atoms with Gasteiger partial charge in [0.25, 0.3) is 0 Å². The standard InChI is InChI=1S/C17H19N4O.Pt/c1-5-20-10-12(2)13(3)17(20)21-16(18-11-19-21)14-6-8-15(22-4)9-7-14;/h6,8-11H,5H2,1-4H3;/q-1;. The van der Waals surface area contributed by atoms with Gasteiger partial charge in [-0.15, -0.1) is 29.8 Å². The molecule has 0 saturated carbocycles. The van der Waals surface area contributed by atoms with Gasteiger partial charge < -0.3 is 9.30 Å². The molecule has 6 heteroatoms. The molecule has 0 aliphatic rings. The van der Waals surface area contributed by atoms with Gasteiger partial charge in [-0.25, -0.2) is 4.68 Å². The van der Waals surface area contributed by atoms with Crippen molar-refractivity contribution in [1.82, 2.24) is 19.3 Å². The molecule has 0 spiro atoms. The summed E-state index contributed by atoms with van der Waals surface area (Å²) in [5.74, 6) is 2.61. The molecule has 124 valence electrons. The van der Waals surface area contributed by atoms with Gasteiger partial charge in [-0.1, -0.05) is 0 Å². The SMILES string of the molecule is CCn1cc(C)c(C)c1-n1ncnc1-c1[c-]cc(OC)cc1.[Pt]. The van der Waals surface area contributed by atoms with E-state index < -0.39 is 0 Å². The van der Waals surface area contributed by atoms with E-state index in [4.69, 9.17) is 4.74 Å². The Hall–Kier alpha value is -1.87. The first-order valence-corrected chi connectivity index (χ1v) is 7.28. The van der Waals surface area contributed by atoms with Crippen LogP contribution in [0, 0.1) is 19.9 Å². The summed E-state index contributed by atoms with van der Waals surface area (Å²) in [5, 5.41) is 4.42. The molecule has 0 aliphatic heterocycles. The van der Waals surface area contributed by atoms with Crippen LogP contribution in [0.4, 0.5) is 0 Å². The van der Waals surface area contributed by atoms with Gasteiger partial charge in [0.15, 0.2) is 0 Å². The topological polar surface area (TPSA) is 44.9 Å². The van der Waals surface area contributed by atoms with Crippen molar-refractivity contribution in [3.8, 4) is 23.0 Å². The number of aryl methyl sites for hydroxylation is 2. The van der Waals surface area contributed by atoms with Crippen molar-refractivity contribution >= 4 is 0 Å². The van der Waals surface area contributed by atoms with Crippen LogP contribution >= 0.6 is 0 Å². The van der Waals surface area contributed by atoms with Crippen LogP contribution in [-0.4, -0.2) is 26.4 Å². The molecule has 23 heavy (non-hydrogen) atoms. The molecule has 5 nitrogen and oxygen atoms in total. The summed E-state index contributed by atoms with van der Waals surface area (Å²) in [5.41, 5.74) is 3.35. The number of aromatic nitrogens is 4. The summed E-state index contributed by atoms with van der Waals surface area (Å²) in [6.45, 7) is 7.23. The smallest absolute Gasteiger partial charge is 0.130 e. The average Bonchev–Trinajstić information content (AvgIpc) is 3.12. The van der Waals surface area contributed by atoms with Crippen molar-refractivity contribution in [3.63, 3.8) is 0 Å². The van der Waals surface area contributed by atoms with Crippen molar-refractivity contribution in [2.45, 2.75) is 27.3 Å². The van der Waals surface area contributed by atoms with Crippen LogP contribution in [0.3, 0.4) is 0 Å². The quantitative estimate of drug-likeness (QED) is 0.528. The summed E-state index contributed by atoms with van der Waals surface area (Å²) >= 11 is 0. The first-order chi connectivity index (χ1) is 10.7. The molecule has 0 atom stereocenters. The summed E-state index contributed by atoms with van der Waals surface area (Å²) in [4.78, 5) is 4.41. The second-order valence-corrected chi connectivity index (χ2v) is 5.18. The Bertz CT molecular complexity index is 790. The molecule has 0 bridgehead atoms. The zero-order valence-electron chi connectivity index (χ0n) is 13.6. The number of hydrogen-bond acceptors (Lipinski definition) is 3. The van der Waals surface area contributed by atoms with Gasteiger partial charge in [-0.05, 0) is 31.9 Å². The van der Waals surface area contributed by atoms with Gasteiger partial charge in [0.2, 0.25) is 0 Å². The van der Waals surface area contributed by atoms with E-state index in [9.17, 15) is 0 Å². The Morgan fingerprint density at radius 2 is 2.04 bits per heavy atom. The van der Waals surface area contributed by atoms with E-state index in [1.807, 2.05) is 22.9 Å². The second-order valence-electron chi connectivity index (χ2n) is 5.18. The molecule has 0 amide bonds. The molecule has 0 fully saturated rings. The van der Waals surface area contributed by atoms with Crippen LogP contribution in [0.15, 0.2) is 30.7 Å². The first-order valence-electron chi connectivity index (χ1n) is 7.28. The molecule has 0 N–H and O–H groups in total. The number of hydrogen-bond donors (Lipinski definition) is 0. The number of methoxy groups -OCH3 is 1. The Morgan fingerprint density at radius 1 is 1.26 bits per heavy atom. The molecule has 3 aromatic rings. The van der Waals surface area contributed by atoms with Crippen molar-refractivity contribution in [2.24, 2.45) is 0 Å². The van der Waals surface area contributed by atoms with Crippen molar-refractivity contribution in [2.75, 3.05) is 7.11 Å². The molecule has 3 rings (SSSR count). The molecule has 2 heterocycles. The Kier molecular flexibility index (Phi) is 5.42. The minimum Gasteiger partial charge on any atom is -0.540 e. The van der Waals surface area contributed by atoms with E-state index in [0.29, 0.717) is 0 Å². The second kappa shape index (κ2) is 7.13. The maximum absolute atomic E-state index is 5.18. The normalized spacial score (nSPS) is 10.4. The molecule has 0 aliphatic carbocycles.